The Morgan fingerprint density at radius 1 is 1.47 bits per heavy atom. The molecule has 0 bridgehead atoms. The van der Waals surface area contributed by atoms with E-state index in [4.69, 9.17) is 9.47 Å². The molecule has 2 rings (SSSR count). The van der Waals surface area contributed by atoms with Gasteiger partial charge in [-0.25, -0.2) is 0 Å². The summed E-state index contributed by atoms with van der Waals surface area (Å²) < 4.78 is 11.0. The molecule has 3 heteroatoms. The molecule has 2 fully saturated rings. The number of hydrogen-bond donors (Lipinski definition) is 1. The molecule has 0 spiro atoms. The number of rotatable bonds is 7. The first-order chi connectivity index (χ1) is 7.35. The molecule has 1 aliphatic heterocycles. The Balaban J connectivity index is 1.73. The molecule has 1 saturated heterocycles. The molecule has 2 aliphatic rings. The topological polar surface area (TPSA) is 30.5 Å². The van der Waals surface area contributed by atoms with E-state index in [0.717, 1.165) is 45.4 Å². The van der Waals surface area contributed by atoms with Gasteiger partial charge in [0.2, 0.25) is 0 Å². The average Bonchev–Trinajstić information content (AvgIpc) is 2.97. The van der Waals surface area contributed by atoms with E-state index in [1.807, 2.05) is 0 Å². The first-order valence-corrected chi connectivity index (χ1v) is 6.23. The van der Waals surface area contributed by atoms with Crippen molar-refractivity contribution in [2.24, 2.45) is 5.41 Å². The third-order valence-electron chi connectivity index (χ3n) is 3.51. The molecule has 0 amide bonds. The van der Waals surface area contributed by atoms with Crippen LogP contribution in [-0.4, -0.2) is 39.0 Å². The van der Waals surface area contributed by atoms with Gasteiger partial charge in [0, 0.05) is 37.8 Å². The van der Waals surface area contributed by atoms with Crippen LogP contribution in [0.2, 0.25) is 0 Å². The lowest BCUT2D eigenvalue weighted by atomic mass is 9.84. The van der Waals surface area contributed by atoms with E-state index in [9.17, 15) is 0 Å². The Morgan fingerprint density at radius 3 is 2.93 bits per heavy atom. The molecule has 0 aromatic carbocycles. The maximum Gasteiger partial charge on any atom is 0.0536 e. The first-order valence-electron chi connectivity index (χ1n) is 6.23. The molecular weight excluding hydrogens is 190 g/mol. The van der Waals surface area contributed by atoms with Gasteiger partial charge in [0.1, 0.15) is 0 Å². The van der Waals surface area contributed by atoms with Crippen molar-refractivity contribution in [3.63, 3.8) is 0 Å². The highest BCUT2D eigenvalue weighted by atomic mass is 16.5. The van der Waals surface area contributed by atoms with Gasteiger partial charge in [0.25, 0.3) is 0 Å². The average molecular weight is 213 g/mol. The van der Waals surface area contributed by atoms with Crippen LogP contribution in [0.3, 0.4) is 0 Å². The fourth-order valence-corrected chi connectivity index (χ4v) is 2.16. The fraction of sp³-hybridized carbons (Fsp3) is 1.00. The molecule has 1 unspecified atom stereocenters. The zero-order chi connectivity index (χ0) is 10.6. The molecule has 1 N–H and O–H groups in total. The summed E-state index contributed by atoms with van der Waals surface area (Å²) in [6.07, 6.45) is 5.06. The first kappa shape index (κ1) is 11.4. The highest BCUT2D eigenvalue weighted by Gasteiger charge is 2.36. The van der Waals surface area contributed by atoms with Crippen molar-refractivity contribution in [1.29, 1.82) is 0 Å². The zero-order valence-corrected chi connectivity index (χ0v) is 9.76. The summed E-state index contributed by atoms with van der Waals surface area (Å²) in [6.45, 7) is 6.72. The fourth-order valence-electron chi connectivity index (χ4n) is 2.16. The lowest BCUT2D eigenvalue weighted by molar-refractivity contribution is 0.0865. The summed E-state index contributed by atoms with van der Waals surface area (Å²) in [4.78, 5) is 0. The van der Waals surface area contributed by atoms with Crippen LogP contribution in [0.5, 0.6) is 0 Å². The number of hydrogen-bond acceptors (Lipinski definition) is 3. The summed E-state index contributed by atoms with van der Waals surface area (Å²) in [6, 6.07) is 0.801. The minimum atomic E-state index is 0.359. The molecule has 3 nitrogen and oxygen atoms in total. The molecule has 1 aliphatic carbocycles. The van der Waals surface area contributed by atoms with Crippen LogP contribution in [0.1, 0.15) is 32.6 Å². The highest BCUT2D eigenvalue weighted by Crippen LogP contribution is 2.33. The highest BCUT2D eigenvalue weighted by molar-refractivity contribution is 4.89. The van der Waals surface area contributed by atoms with E-state index < -0.39 is 0 Å². The van der Waals surface area contributed by atoms with E-state index in [2.05, 4.69) is 12.2 Å². The van der Waals surface area contributed by atoms with Gasteiger partial charge in [-0.1, -0.05) is 0 Å². The SMILES string of the molecule is CCOCCC1(CNC2CC2)CCOC1. The van der Waals surface area contributed by atoms with Gasteiger partial charge in [-0.05, 0) is 32.6 Å². The lowest BCUT2D eigenvalue weighted by Crippen LogP contribution is -2.37. The van der Waals surface area contributed by atoms with Crippen LogP contribution in [-0.2, 0) is 9.47 Å². The lowest BCUT2D eigenvalue weighted by Gasteiger charge is -2.27. The summed E-state index contributed by atoms with van der Waals surface area (Å²) in [7, 11) is 0. The van der Waals surface area contributed by atoms with E-state index in [0.29, 0.717) is 5.41 Å². The molecular formula is C12H23NO2. The quantitative estimate of drug-likeness (QED) is 0.651. The van der Waals surface area contributed by atoms with Crippen LogP contribution in [0.15, 0.2) is 0 Å². The Labute approximate surface area is 92.5 Å². The van der Waals surface area contributed by atoms with E-state index in [1.165, 1.54) is 19.3 Å². The third kappa shape index (κ3) is 3.44. The molecule has 0 radical (unpaired) electrons. The predicted octanol–water partition coefficient (Wildman–Crippen LogP) is 1.57. The number of ether oxygens (including phenoxy) is 2. The van der Waals surface area contributed by atoms with Crippen LogP contribution in [0.25, 0.3) is 0 Å². The van der Waals surface area contributed by atoms with Crippen molar-refractivity contribution in [2.45, 2.75) is 38.6 Å². The van der Waals surface area contributed by atoms with Crippen molar-refractivity contribution in [1.82, 2.24) is 5.32 Å². The Kier molecular flexibility index (Phi) is 4.00. The summed E-state index contributed by atoms with van der Waals surface area (Å²) in [5.41, 5.74) is 0.359. The second kappa shape index (κ2) is 5.28. The smallest absolute Gasteiger partial charge is 0.0536 e. The summed E-state index contributed by atoms with van der Waals surface area (Å²) in [5.74, 6) is 0. The van der Waals surface area contributed by atoms with Crippen molar-refractivity contribution in [3.8, 4) is 0 Å². The molecule has 1 heterocycles. The van der Waals surface area contributed by atoms with Crippen LogP contribution < -0.4 is 5.32 Å². The van der Waals surface area contributed by atoms with Gasteiger partial charge in [-0.2, -0.15) is 0 Å². The second-order valence-corrected chi connectivity index (χ2v) is 4.90. The standard InChI is InChI=1S/C12H23NO2/c1-2-14-7-5-12(6-8-15-10-12)9-13-11-3-4-11/h11,13H,2-10H2,1H3. The predicted molar refractivity (Wildman–Crippen MR) is 60.0 cm³/mol. The minimum Gasteiger partial charge on any atom is -0.382 e. The van der Waals surface area contributed by atoms with Gasteiger partial charge in [-0.3, -0.25) is 0 Å². The second-order valence-electron chi connectivity index (χ2n) is 4.90. The van der Waals surface area contributed by atoms with Gasteiger partial charge in [0.15, 0.2) is 0 Å². The van der Waals surface area contributed by atoms with Crippen molar-refractivity contribution < 1.29 is 9.47 Å². The Morgan fingerprint density at radius 2 is 2.33 bits per heavy atom. The van der Waals surface area contributed by atoms with Crippen molar-refractivity contribution in [2.75, 3.05) is 33.0 Å². The molecule has 1 atom stereocenters. The Hall–Kier alpha value is -0.120. The monoisotopic (exact) mass is 213 g/mol. The van der Waals surface area contributed by atoms with Crippen molar-refractivity contribution >= 4 is 0 Å². The molecule has 15 heavy (non-hydrogen) atoms. The summed E-state index contributed by atoms with van der Waals surface area (Å²) >= 11 is 0. The largest absolute Gasteiger partial charge is 0.382 e. The zero-order valence-electron chi connectivity index (χ0n) is 9.76. The minimum absolute atomic E-state index is 0.359. The molecule has 1 saturated carbocycles. The summed E-state index contributed by atoms with van der Waals surface area (Å²) in [5, 5.41) is 3.63. The van der Waals surface area contributed by atoms with Crippen molar-refractivity contribution in [3.05, 3.63) is 0 Å². The third-order valence-corrected chi connectivity index (χ3v) is 3.51. The van der Waals surface area contributed by atoms with E-state index in [1.54, 1.807) is 0 Å². The maximum atomic E-state index is 5.55. The van der Waals surface area contributed by atoms with Gasteiger partial charge in [0.05, 0.1) is 6.61 Å². The van der Waals surface area contributed by atoms with Crippen LogP contribution in [0, 0.1) is 5.41 Å². The van der Waals surface area contributed by atoms with Gasteiger partial charge >= 0.3 is 0 Å². The molecule has 88 valence electrons. The number of nitrogens with one attached hydrogen (secondary N) is 1. The van der Waals surface area contributed by atoms with Gasteiger partial charge < -0.3 is 14.8 Å². The van der Waals surface area contributed by atoms with Crippen LogP contribution in [0.4, 0.5) is 0 Å². The van der Waals surface area contributed by atoms with Gasteiger partial charge in [-0.15, -0.1) is 0 Å². The Bertz CT molecular complexity index is 186. The molecule has 0 aromatic heterocycles. The van der Waals surface area contributed by atoms with E-state index in [-0.39, 0.29) is 0 Å². The molecule has 0 aromatic rings. The normalized spacial score (nSPS) is 31.0. The van der Waals surface area contributed by atoms with Crippen LogP contribution >= 0.6 is 0 Å². The maximum absolute atomic E-state index is 5.55. The van der Waals surface area contributed by atoms with E-state index >= 15 is 0 Å².